The molecule has 2 aliphatic rings. The largest absolute Gasteiger partial charge is 0.388 e. The first-order chi connectivity index (χ1) is 9.56. The fourth-order valence-electron chi connectivity index (χ4n) is 2.58. The van der Waals surface area contributed by atoms with E-state index in [1.165, 1.54) is 22.9 Å². The Kier molecular flexibility index (Phi) is 3.33. The second-order valence-corrected chi connectivity index (χ2v) is 5.11. The molecule has 0 radical (unpaired) electrons. The molecule has 3 heterocycles. The molecular formula is C13H16N2O5. The van der Waals surface area contributed by atoms with E-state index in [9.17, 15) is 14.7 Å². The fraction of sp³-hybridized carbons (Fsp3) is 0.538. The van der Waals surface area contributed by atoms with Gasteiger partial charge in [-0.05, 0) is 6.07 Å². The summed E-state index contributed by atoms with van der Waals surface area (Å²) in [6, 6.07) is 2.54. The molecule has 2 N–H and O–H groups in total. The molecule has 2 saturated heterocycles. The van der Waals surface area contributed by atoms with Crippen molar-refractivity contribution in [3.8, 4) is 0 Å². The van der Waals surface area contributed by atoms with E-state index in [0.717, 1.165) is 0 Å². The van der Waals surface area contributed by atoms with Crippen molar-refractivity contribution in [1.82, 2.24) is 9.88 Å². The third-order valence-electron chi connectivity index (χ3n) is 3.69. The van der Waals surface area contributed by atoms with Crippen LogP contribution in [0.2, 0.25) is 0 Å². The number of amides is 1. The van der Waals surface area contributed by atoms with E-state index in [1.807, 2.05) is 0 Å². The molecule has 0 bridgehead atoms. The number of carbonyl (C=O) groups is 1. The first-order valence-corrected chi connectivity index (χ1v) is 6.45. The van der Waals surface area contributed by atoms with Gasteiger partial charge in [0.2, 0.25) is 5.56 Å². The van der Waals surface area contributed by atoms with E-state index in [-0.39, 0.29) is 36.3 Å². The summed E-state index contributed by atoms with van der Waals surface area (Å²) >= 11 is 0. The number of nitrogens with one attached hydrogen (secondary N) is 1. The van der Waals surface area contributed by atoms with Crippen LogP contribution < -0.4 is 10.9 Å². The highest BCUT2D eigenvalue weighted by atomic mass is 16.6. The lowest BCUT2D eigenvalue weighted by Crippen LogP contribution is -2.44. The summed E-state index contributed by atoms with van der Waals surface area (Å²) < 4.78 is 12.2. The number of rotatable bonds is 2. The fourth-order valence-corrected chi connectivity index (χ4v) is 2.58. The zero-order chi connectivity index (χ0) is 14.3. The molecular weight excluding hydrogens is 264 g/mol. The molecule has 7 heteroatoms. The van der Waals surface area contributed by atoms with Crippen molar-refractivity contribution >= 4 is 5.91 Å². The molecule has 20 heavy (non-hydrogen) atoms. The summed E-state index contributed by atoms with van der Waals surface area (Å²) in [4.78, 5) is 23.4. The maximum Gasteiger partial charge on any atom is 0.253 e. The van der Waals surface area contributed by atoms with E-state index in [4.69, 9.17) is 9.47 Å². The summed E-state index contributed by atoms with van der Waals surface area (Å²) in [6.45, 7) is 0.533. The Morgan fingerprint density at radius 3 is 2.85 bits per heavy atom. The zero-order valence-electron chi connectivity index (χ0n) is 11.0. The van der Waals surface area contributed by atoms with Crippen molar-refractivity contribution in [2.24, 2.45) is 7.05 Å². The number of aryl methyl sites for hydroxylation is 1. The Morgan fingerprint density at radius 1 is 1.35 bits per heavy atom. The summed E-state index contributed by atoms with van der Waals surface area (Å²) in [5.74, 6) is -0.292. The number of carbonyl (C=O) groups excluding carboxylic acids is 1. The minimum Gasteiger partial charge on any atom is -0.388 e. The molecule has 4 atom stereocenters. The van der Waals surface area contributed by atoms with Crippen LogP contribution in [0.15, 0.2) is 23.1 Å². The van der Waals surface area contributed by atoms with Crippen LogP contribution in [0.25, 0.3) is 0 Å². The number of aromatic nitrogens is 1. The molecule has 0 spiro atoms. The Bertz CT molecular complexity index is 584. The molecule has 0 saturated carbocycles. The first-order valence-electron chi connectivity index (χ1n) is 6.45. The Labute approximate surface area is 115 Å². The Balaban J connectivity index is 1.70. The maximum absolute atomic E-state index is 12.1. The van der Waals surface area contributed by atoms with Gasteiger partial charge in [0.25, 0.3) is 5.91 Å². The number of nitrogens with zero attached hydrogens (tertiary/aromatic N) is 1. The molecule has 1 aromatic rings. The summed E-state index contributed by atoms with van der Waals surface area (Å²) in [5.41, 5.74) is 0.224. The first kappa shape index (κ1) is 13.3. The van der Waals surface area contributed by atoms with E-state index < -0.39 is 6.10 Å². The van der Waals surface area contributed by atoms with Gasteiger partial charge in [-0.2, -0.15) is 0 Å². The highest BCUT2D eigenvalue weighted by Crippen LogP contribution is 2.27. The number of ether oxygens (including phenoxy) is 2. The summed E-state index contributed by atoms with van der Waals surface area (Å²) in [7, 11) is 1.59. The van der Waals surface area contributed by atoms with Crippen molar-refractivity contribution in [3.63, 3.8) is 0 Å². The average molecular weight is 280 g/mol. The van der Waals surface area contributed by atoms with Crippen LogP contribution >= 0.6 is 0 Å². The molecule has 108 valence electrons. The van der Waals surface area contributed by atoms with Gasteiger partial charge in [-0.15, -0.1) is 0 Å². The van der Waals surface area contributed by atoms with E-state index in [1.54, 1.807) is 7.05 Å². The molecule has 3 rings (SSSR count). The van der Waals surface area contributed by atoms with Gasteiger partial charge in [-0.1, -0.05) is 0 Å². The molecule has 2 aliphatic heterocycles. The van der Waals surface area contributed by atoms with Crippen molar-refractivity contribution < 1.29 is 19.4 Å². The molecule has 0 aliphatic carbocycles. The average Bonchev–Trinajstić information content (AvgIpc) is 2.97. The SMILES string of the molecule is Cn1cc(C(=O)N[C@H]2CO[C@H]3[C@@H]2OC[C@@H]3O)ccc1=O. The highest BCUT2D eigenvalue weighted by Gasteiger charge is 2.47. The molecule has 1 amide bonds. The lowest BCUT2D eigenvalue weighted by molar-refractivity contribution is 0.0178. The number of hydrogen-bond donors (Lipinski definition) is 2. The third kappa shape index (κ3) is 2.24. The Morgan fingerprint density at radius 2 is 2.10 bits per heavy atom. The second kappa shape index (κ2) is 5.01. The molecule has 1 aromatic heterocycles. The predicted octanol–water partition coefficient (Wildman–Crippen LogP) is -1.36. The molecule has 7 nitrogen and oxygen atoms in total. The van der Waals surface area contributed by atoms with E-state index in [2.05, 4.69) is 5.32 Å². The normalized spacial score (nSPS) is 32.1. The number of aliphatic hydroxyl groups excluding tert-OH is 1. The van der Waals surface area contributed by atoms with Crippen molar-refractivity contribution in [1.29, 1.82) is 0 Å². The van der Waals surface area contributed by atoms with Gasteiger partial charge in [0.1, 0.15) is 18.3 Å². The smallest absolute Gasteiger partial charge is 0.253 e. The van der Waals surface area contributed by atoms with Gasteiger partial charge >= 0.3 is 0 Å². The van der Waals surface area contributed by atoms with E-state index >= 15 is 0 Å². The molecule has 0 unspecified atom stereocenters. The van der Waals surface area contributed by atoms with Gasteiger partial charge in [0.15, 0.2) is 0 Å². The lowest BCUT2D eigenvalue weighted by atomic mass is 10.1. The quantitative estimate of drug-likeness (QED) is 0.698. The minimum absolute atomic E-state index is 0.173. The second-order valence-electron chi connectivity index (χ2n) is 5.11. The number of aliphatic hydroxyl groups is 1. The van der Waals surface area contributed by atoms with Crippen LogP contribution in [0.1, 0.15) is 10.4 Å². The van der Waals surface area contributed by atoms with Crippen LogP contribution in [0.3, 0.4) is 0 Å². The van der Waals surface area contributed by atoms with Gasteiger partial charge in [-0.25, -0.2) is 0 Å². The van der Waals surface area contributed by atoms with Crippen LogP contribution in [-0.4, -0.2) is 53.1 Å². The maximum atomic E-state index is 12.1. The van der Waals surface area contributed by atoms with Gasteiger partial charge in [0.05, 0.1) is 24.8 Å². The van der Waals surface area contributed by atoms with Gasteiger partial charge in [-0.3, -0.25) is 9.59 Å². The van der Waals surface area contributed by atoms with Crippen molar-refractivity contribution in [3.05, 3.63) is 34.2 Å². The number of hydrogen-bond acceptors (Lipinski definition) is 5. The zero-order valence-corrected chi connectivity index (χ0v) is 11.0. The van der Waals surface area contributed by atoms with Crippen LogP contribution in [0, 0.1) is 0 Å². The van der Waals surface area contributed by atoms with Gasteiger partial charge in [0, 0.05) is 19.3 Å². The number of pyridine rings is 1. The lowest BCUT2D eigenvalue weighted by Gasteiger charge is -2.17. The Hall–Kier alpha value is -1.70. The standard InChI is InChI=1S/C13H16N2O5/c1-15-4-7(2-3-10(15)17)13(18)14-8-5-19-12-9(16)6-20-11(8)12/h2-4,8-9,11-12,16H,5-6H2,1H3,(H,14,18)/t8-,9-,11+,12+/m0/s1. The van der Waals surface area contributed by atoms with Crippen LogP contribution in [0.4, 0.5) is 0 Å². The van der Waals surface area contributed by atoms with Crippen molar-refractivity contribution in [2.45, 2.75) is 24.4 Å². The van der Waals surface area contributed by atoms with E-state index in [0.29, 0.717) is 12.2 Å². The summed E-state index contributed by atoms with van der Waals surface area (Å²) in [6.07, 6.45) is 0.149. The monoisotopic (exact) mass is 280 g/mol. The number of fused-ring (bicyclic) bond motifs is 1. The highest BCUT2D eigenvalue weighted by molar-refractivity contribution is 5.94. The molecule has 2 fully saturated rings. The van der Waals surface area contributed by atoms with Gasteiger partial charge < -0.3 is 24.5 Å². The molecule has 0 aromatic carbocycles. The van der Waals surface area contributed by atoms with Crippen LogP contribution in [0.5, 0.6) is 0 Å². The predicted molar refractivity (Wildman–Crippen MR) is 68.4 cm³/mol. The topological polar surface area (TPSA) is 89.8 Å². The van der Waals surface area contributed by atoms with Crippen molar-refractivity contribution in [2.75, 3.05) is 13.2 Å². The summed E-state index contributed by atoms with van der Waals surface area (Å²) in [5, 5.41) is 12.5. The van der Waals surface area contributed by atoms with Crippen LogP contribution in [-0.2, 0) is 16.5 Å². The third-order valence-corrected chi connectivity index (χ3v) is 3.69. The minimum atomic E-state index is -0.639.